The monoisotopic (exact) mass is 891 g/mol. The molecular formula is C48H47Cl2N5O8. The number of carbonyl (C=O) groups is 1. The first kappa shape index (κ1) is 46.2. The van der Waals surface area contributed by atoms with Crippen molar-refractivity contribution >= 4 is 41.6 Å². The van der Waals surface area contributed by atoms with Gasteiger partial charge in [0.15, 0.2) is 6.10 Å². The van der Waals surface area contributed by atoms with E-state index in [4.69, 9.17) is 52.7 Å². The Morgan fingerprint density at radius 3 is 1.76 bits per heavy atom. The van der Waals surface area contributed by atoms with E-state index >= 15 is 0 Å². The zero-order chi connectivity index (χ0) is 44.9. The first-order valence-corrected chi connectivity index (χ1v) is 20.6. The van der Waals surface area contributed by atoms with Crippen LogP contribution in [0.25, 0.3) is 11.1 Å². The lowest BCUT2D eigenvalue weighted by Crippen LogP contribution is -2.32. The van der Waals surface area contributed by atoms with Gasteiger partial charge < -0.3 is 45.0 Å². The number of hydrogen-bond acceptors (Lipinski definition) is 12. The largest absolute Gasteiger partial charge is 0.488 e. The van der Waals surface area contributed by atoms with Crippen molar-refractivity contribution < 1.29 is 39.1 Å². The zero-order valence-electron chi connectivity index (χ0n) is 34.9. The normalized spacial score (nSPS) is 11.7. The van der Waals surface area contributed by atoms with Crippen molar-refractivity contribution in [3.05, 3.63) is 163 Å². The molecule has 2 aromatic heterocycles. The molecule has 0 radical (unpaired) electrons. The van der Waals surface area contributed by atoms with Gasteiger partial charge in [0, 0.05) is 103 Å². The van der Waals surface area contributed by atoms with Crippen molar-refractivity contribution in [1.82, 2.24) is 15.3 Å². The summed E-state index contributed by atoms with van der Waals surface area (Å²) < 4.78 is 24.9. The number of aromatic nitrogens is 2. The summed E-state index contributed by atoms with van der Waals surface area (Å²) in [4.78, 5) is 23.6. The Morgan fingerprint density at radius 2 is 1.24 bits per heavy atom. The van der Waals surface area contributed by atoms with Crippen LogP contribution in [0.4, 0.5) is 0 Å². The second-order valence-electron chi connectivity index (χ2n) is 14.5. The molecule has 1 atom stereocenters. The van der Waals surface area contributed by atoms with Crippen LogP contribution in [0, 0.1) is 19.3 Å². The summed E-state index contributed by atoms with van der Waals surface area (Å²) in [6, 6.07) is 22.5. The molecule has 0 aliphatic rings. The van der Waals surface area contributed by atoms with E-state index in [0.717, 1.165) is 50.1 Å². The molecule has 0 bridgehead atoms. The van der Waals surface area contributed by atoms with Crippen LogP contribution in [0.2, 0.25) is 10.0 Å². The van der Waals surface area contributed by atoms with Crippen molar-refractivity contribution in [3.63, 3.8) is 0 Å². The van der Waals surface area contributed by atoms with Crippen LogP contribution in [0.5, 0.6) is 23.0 Å². The Kier molecular flexibility index (Phi) is 16.2. The first-order chi connectivity index (χ1) is 30.5. The Labute approximate surface area is 375 Å². The van der Waals surface area contributed by atoms with Crippen molar-refractivity contribution in [2.24, 2.45) is 4.99 Å². The molecule has 0 aliphatic carbocycles. The molecule has 0 fully saturated rings. The Bertz CT molecular complexity index is 2610. The predicted molar refractivity (Wildman–Crippen MR) is 243 cm³/mol. The van der Waals surface area contributed by atoms with E-state index in [1.54, 1.807) is 68.4 Å². The van der Waals surface area contributed by atoms with Gasteiger partial charge in [0.05, 0.1) is 16.7 Å². The van der Waals surface area contributed by atoms with Gasteiger partial charge in [0.2, 0.25) is 0 Å². The fourth-order valence-electron chi connectivity index (χ4n) is 6.70. The molecule has 0 aliphatic heterocycles. The number of hydrogen-bond donors (Lipinski definition) is 5. The Balaban J connectivity index is 1.17. The van der Waals surface area contributed by atoms with Gasteiger partial charge in [0.25, 0.3) is 0 Å². The number of aliphatic hydroxyl groups is 2. The minimum atomic E-state index is -1.58. The second-order valence-corrected chi connectivity index (χ2v) is 15.4. The summed E-state index contributed by atoms with van der Waals surface area (Å²) >= 11 is 13.4. The van der Waals surface area contributed by atoms with Gasteiger partial charge >= 0.3 is 5.97 Å². The third-order valence-electron chi connectivity index (χ3n) is 10.2. The molecule has 13 nitrogen and oxygen atoms in total. The number of aliphatic hydroxyl groups excluding tert-OH is 2. The molecule has 326 valence electrons. The van der Waals surface area contributed by atoms with Crippen molar-refractivity contribution in [1.29, 1.82) is 5.41 Å². The number of ether oxygens (including phenoxy) is 4. The Hall–Kier alpha value is -6.35. The molecule has 15 heteroatoms. The van der Waals surface area contributed by atoms with E-state index in [1.165, 1.54) is 6.21 Å². The second kappa shape index (κ2) is 22.1. The van der Waals surface area contributed by atoms with Crippen LogP contribution in [-0.4, -0.2) is 63.4 Å². The lowest BCUT2D eigenvalue weighted by atomic mass is 9.92. The van der Waals surface area contributed by atoms with Crippen LogP contribution in [0.1, 0.15) is 55.6 Å². The smallest absolute Gasteiger partial charge is 0.333 e. The molecule has 0 saturated carbocycles. The SMILES string of the molecule is C/N=C/c1cncc(COc2cc(OCc3cccc(-c4cccc(COc5cc(OCc6cncc(C=N)c6)c(CNCC(O)C(=O)O)cc5Cl)c4C)c3C)c(Cl)cc2CO)c1. The van der Waals surface area contributed by atoms with E-state index in [0.29, 0.717) is 49.7 Å². The van der Waals surface area contributed by atoms with Crippen molar-refractivity contribution in [2.75, 3.05) is 13.6 Å². The molecule has 4 aromatic carbocycles. The van der Waals surface area contributed by atoms with Gasteiger partial charge in [-0.1, -0.05) is 59.6 Å². The molecule has 0 spiro atoms. The van der Waals surface area contributed by atoms with Gasteiger partial charge in [-0.25, -0.2) is 4.79 Å². The van der Waals surface area contributed by atoms with Gasteiger partial charge in [0.1, 0.15) is 49.4 Å². The summed E-state index contributed by atoms with van der Waals surface area (Å²) in [5, 5.41) is 40.1. The number of aliphatic imine (C=N–C) groups is 1. The third-order valence-corrected chi connectivity index (χ3v) is 10.7. The molecule has 1 unspecified atom stereocenters. The third kappa shape index (κ3) is 12.2. The van der Waals surface area contributed by atoms with E-state index in [9.17, 15) is 15.0 Å². The lowest BCUT2D eigenvalue weighted by Gasteiger charge is -2.19. The predicted octanol–water partition coefficient (Wildman–Crippen LogP) is 8.46. The number of nitrogens with zero attached hydrogens (tertiary/aromatic N) is 3. The highest BCUT2D eigenvalue weighted by molar-refractivity contribution is 6.32. The van der Waals surface area contributed by atoms with E-state index in [1.807, 2.05) is 44.2 Å². The highest BCUT2D eigenvalue weighted by Gasteiger charge is 2.18. The van der Waals surface area contributed by atoms with Crippen LogP contribution < -0.4 is 24.3 Å². The van der Waals surface area contributed by atoms with Crippen LogP contribution in [0.15, 0.2) is 103 Å². The fourth-order valence-corrected chi connectivity index (χ4v) is 7.18. The highest BCUT2D eigenvalue weighted by atomic mass is 35.5. The van der Waals surface area contributed by atoms with Crippen LogP contribution in [-0.2, 0) is 44.4 Å². The zero-order valence-corrected chi connectivity index (χ0v) is 36.4. The maximum Gasteiger partial charge on any atom is 0.333 e. The van der Waals surface area contributed by atoms with E-state index < -0.39 is 12.1 Å². The standard InChI is InChI=1S/C48H47Cl2N5O8/c1-29-35(27-62-46-14-44(60-25-33-10-31(16-51)18-53-20-33)37(12-41(46)49)22-55-23-43(57)48(58)59)6-4-8-39(29)40-9-5-7-36(30(40)2)28-63-47-15-45(38(24-56)13-42(47)50)61-26-34-11-32(17-52-3)19-54-21-34/h4-21,43,51,55-57H,22-28H2,1-3H3,(H,58,59)/b51-16?,52-17+. The van der Waals surface area contributed by atoms with Gasteiger partial charge in [-0.15, -0.1) is 0 Å². The van der Waals surface area contributed by atoms with Crippen LogP contribution >= 0.6 is 23.2 Å². The quantitative estimate of drug-likeness (QED) is 0.0436. The lowest BCUT2D eigenvalue weighted by molar-refractivity contribution is -0.146. The molecule has 63 heavy (non-hydrogen) atoms. The number of halogens is 2. The molecule has 6 rings (SSSR count). The fraction of sp³-hybridized carbons (Fsp3) is 0.229. The summed E-state index contributed by atoms with van der Waals surface area (Å²) in [7, 11) is 1.70. The molecule has 2 heterocycles. The number of carboxylic acids is 1. The average molecular weight is 893 g/mol. The van der Waals surface area contributed by atoms with Gasteiger partial charge in [-0.05, 0) is 71.5 Å². The number of pyridine rings is 2. The molecule has 5 N–H and O–H groups in total. The number of aliphatic carboxylic acids is 1. The summed E-state index contributed by atoms with van der Waals surface area (Å²) in [5.41, 5.74) is 10.1. The van der Waals surface area contributed by atoms with Gasteiger partial charge in [-0.2, -0.15) is 0 Å². The maximum absolute atomic E-state index is 11.1. The first-order valence-electron chi connectivity index (χ1n) is 19.8. The average Bonchev–Trinajstić information content (AvgIpc) is 3.28. The molecule has 0 saturated heterocycles. The minimum absolute atomic E-state index is 0.132. The van der Waals surface area contributed by atoms with Gasteiger partial charge in [-0.3, -0.25) is 15.0 Å². The topological polar surface area (TPSA) is 189 Å². The van der Waals surface area contributed by atoms with Crippen LogP contribution in [0.3, 0.4) is 0 Å². The van der Waals surface area contributed by atoms with E-state index in [2.05, 4.69) is 32.4 Å². The minimum Gasteiger partial charge on any atom is -0.488 e. The number of nitrogens with one attached hydrogen (secondary N) is 2. The van der Waals surface area contributed by atoms with Crippen molar-refractivity contribution in [2.45, 2.75) is 59.5 Å². The maximum atomic E-state index is 11.1. The number of carboxylic acid groups (broad SMARTS) is 1. The summed E-state index contributed by atoms with van der Waals surface area (Å²) in [6.45, 7) is 4.55. The summed E-state index contributed by atoms with van der Waals surface area (Å²) in [6.07, 6.45) is 7.98. The molecule has 6 aromatic rings. The highest BCUT2D eigenvalue weighted by Crippen LogP contribution is 2.37. The summed E-state index contributed by atoms with van der Waals surface area (Å²) in [5.74, 6) is 0.333. The molecule has 0 amide bonds. The van der Waals surface area contributed by atoms with E-state index in [-0.39, 0.29) is 46.1 Å². The van der Waals surface area contributed by atoms with Crippen molar-refractivity contribution in [3.8, 4) is 34.1 Å². The molecular weight excluding hydrogens is 845 g/mol. The number of rotatable bonds is 21. The Morgan fingerprint density at radius 1 is 0.730 bits per heavy atom. The number of benzene rings is 4.